The van der Waals surface area contributed by atoms with Crippen molar-refractivity contribution in [2.24, 2.45) is 0 Å². The molecule has 0 aliphatic carbocycles. The smallest absolute Gasteiger partial charge is 0.268 e. The fraction of sp³-hybridized carbons (Fsp3) is 0.261. The summed E-state index contributed by atoms with van der Waals surface area (Å²) in [4.78, 5) is 26.7. The third kappa shape index (κ3) is 4.72. The number of halogens is 1. The van der Waals surface area contributed by atoms with Gasteiger partial charge in [0.2, 0.25) is 0 Å². The maximum Gasteiger partial charge on any atom is 0.268 e. The van der Waals surface area contributed by atoms with Gasteiger partial charge in [-0.05, 0) is 30.7 Å². The lowest BCUT2D eigenvalue weighted by molar-refractivity contribution is 0.102. The highest BCUT2D eigenvalue weighted by Crippen LogP contribution is 2.27. The highest BCUT2D eigenvalue weighted by Gasteiger charge is 2.24. The van der Waals surface area contributed by atoms with Crippen molar-refractivity contribution in [3.8, 4) is 5.95 Å². The number of aromatic nitrogens is 5. The zero-order valence-electron chi connectivity index (χ0n) is 18.3. The van der Waals surface area contributed by atoms with Gasteiger partial charge in [0.15, 0.2) is 0 Å². The first-order valence-electron chi connectivity index (χ1n) is 10.1. The summed E-state index contributed by atoms with van der Waals surface area (Å²) in [6.07, 6.45) is 3.78. The number of anilines is 1. The number of carbonyl (C=O) groups is 1. The van der Waals surface area contributed by atoms with Crippen LogP contribution in [0.4, 0.5) is 10.2 Å². The summed E-state index contributed by atoms with van der Waals surface area (Å²) in [5.74, 6) is 0.302. The summed E-state index contributed by atoms with van der Waals surface area (Å²) in [5.41, 5.74) is 2.16. The SMILES string of the molecule is Cc1nc(Cc2ccc(F)cc2)sc1C(=O)Nc1cc(C(C)(C)C)nn1-c1ncccn1. The highest BCUT2D eigenvalue weighted by atomic mass is 32.1. The summed E-state index contributed by atoms with van der Waals surface area (Å²) in [6, 6.07) is 9.84. The molecule has 9 heteroatoms. The molecular formula is C23H23FN6OS. The Labute approximate surface area is 189 Å². The molecule has 0 bridgehead atoms. The standard InChI is InChI=1S/C23H23FN6OS/c1-14-20(32-19(27-14)12-15-6-8-16(24)9-7-15)21(31)28-18-13-17(23(2,3)4)29-30(18)22-25-10-5-11-26-22/h5-11,13H,12H2,1-4H3,(H,28,31). The van der Waals surface area contributed by atoms with Crippen LogP contribution in [0.2, 0.25) is 0 Å². The van der Waals surface area contributed by atoms with Gasteiger partial charge in [-0.2, -0.15) is 9.78 Å². The molecule has 1 N–H and O–H groups in total. The summed E-state index contributed by atoms with van der Waals surface area (Å²) >= 11 is 1.32. The zero-order valence-corrected chi connectivity index (χ0v) is 19.1. The molecular weight excluding hydrogens is 427 g/mol. The molecule has 1 amide bonds. The normalized spacial score (nSPS) is 11.5. The predicted molar refractivity (Wildman–Crippen MR) is 122 cm³/mol. The predicted octanol–water partition coefficient (Wildman–Crippen LogP) is 4.71. The van der Waals surface area contributed by atoms with Gasteiger partial charge in [0, 0.05) is 30.3 Å². The van der Waals surface area contributed by atoms with Crippen LogP contribution in [0.1, 0.15) is 52.4 Å². The van der Waals surface area contributed by atoms with Crippen molar-refractivity contribution < 1.29 is 9.18 Å². The lowest BCUT2D eigenvalue weighted by Crippen LogP contribution is -2.16. The Balaban J connectivity index is 1.61. The Morgan fingerprint density at radius 2 is 1.84 bits per heavy atom. The van der Waals surface area contributed by atoms with Crippen LogP contribution in [-0.2, 0) is 11.8 Å². The van der Waals surface area contributed by atoms with Crippen LogP contribution >= 0.6 is 11.3 Å². The molecule has 0 unspecified atom stereocenters. The van der Waals surface area contributed by atoms with Crippen molar-refractivity contribution in [2.45, 2.75) is 39.5 Å². The molecule has 0 atom stereocenters. The molecule has 0 radical (unpaired) electrons. The summed E-state index contributed by atoms with van der Waals surface area (Å²) in [5, 5.41) is 8.36. The largest absolute Gasteiger partial charge is 0.306 e. The Kier molecular flexibility index (Phi) is 5.84. The van der Waals surface area contributed by atoms with Gasteiger partial charge in [0.1, 0.15) is 16.5 Å². The van der Waals surface area contributed by atoms with E-state index in [9.17, 15) is 9.18 Å². The summed E-state index contributed by atoms with van der Waals surface area (Å²) in [6.45, 7) is 7.95. The lowest BCUT2D eigenvalue weighted by atomic mass is 9.92. The lowest BCUT2D eigenvalue weighted by Gasteiger charge is -2.13. The van der Waals surface area contributed by atoms with E-state index in [1.165, 1.54) is 28.2 Å². The molecule has 3 heterocycles. The number of amides is 1. The molecule has 4 rings (SSSR count). The number of aryl methyl sites for hydroxylation is 1. The third-order valence-electron chi connectivity index (χ3n) is 4.78. The molecule has 0 saturated heterocycles. The Hall–Kier alpha value is -3.46. The highest BCUT2D eigenvalue weighted by molar-refractivity contribution is 7.14. The molecule has 164 valence electrons. The second kappa shape index (κ2) is 8.58. The average molecular weight is 451 g/mol. The molecule has 1 aromatic carbocycles. The van der Waals surface area contributed by atoms with Gasteiger partial charge in [-0.15, -0.1) is 11.3 Å². The topological polar surface area (TPSA) is 85.6 Å². The molecule has 3 aromatic heterocycles. The molecule has 32 heavy (non-hydrogen) atoms. The molecule has 4 aromatic rings. The van der Waals surface area contributed by atoms with Crippen LogP contribution in [0.5, 0.6) is 0 Å². The Morgan fingerprint density at radius 1 is 1.16 bits per heavy atom. The average Bonchev–Trinajstić information content (AvgIpc) is 3.34. The zero-order chi connectivity index (χ0) is 22.9. The van der Waals surface area contributed by atoms with Crippen molar-refractivity contribution in [1.82, 2.24) is 24.7 Å². The first kappa shape index (κ1) is 21.8. The molecule has 0 spiro atoms. The fourth-order valence-electron chi connectivity index (χ4n) is 3.08. The minimum absolute atomic E-state index is 0.220. The fourth-order valence-corrected chi connectivity index (χ4v) is 4.07. The van der Waals surface area contributed by atoms with Crippen LogP contribution in [-0.4, -0.2) is 30.6 Å². The maximum atomic E-state index is 13.2. The first-order valence-corrected chi connectivity index (χ1v) is 10.9. The molecule has 0 saturated carbocycles. The minimum atomic E-state index is -0.280. The molecule has 0 aliphatic rings. The van der Waals surface area contributed by atoms with Gasteiger partial charge in [-0.25, -0.2) is 19.3 Å². The summed E-state index contributed by atoms with van der Waals surface area (Å²) < 4.78 is 14.7. The van der Waals surface area contributed by atoms with Crippen molar-refractivity contribution in [1.29, 1.82) is 0 Å². The van der Waals surface area contributed by atoms with E-state index in [1.807, 2.05) is 26.8 Å². The number of carbonyl (C=O) groups excluding carboxylic acids is 1. The van der Waals surface area contributed by atoms with Crippen LogP contribution in [0.25, 0.3) is 5.95 Å². The van der Waals surface area contributed by atoms with E-state index in [0.717, 1.165) is 16.3 Å². The van der Waals surface area contributed by atoms with E-state index in [0.29, 0.717) is 28.8 Å². The van der Waals surface area contributed by atoms with Crippen LogP contribution in [0.3, 0.4) is 0 Å². The third-order valence-corrected chi connectivity index (χ3v) is 5.93. The first-order chi connectivity index (χ1) is 15.2. The van der Waals surface area contributed by atoms with Crippen LogP contribution < -0.4 is 5.32 Å². The number of thiazole rings is 1. The second-order valence-corrected chi connectivity index (χ2v) is 9.49. The quantitative estimate of drug-likeness (QED) is 0.476. The molecule has 0 aliphatic heterocycles. The maximum absolute atomic E-state index is 13.2. The van der Waals surface area contributed by atoms with Crippen LogP contribution in [0, 0.1) is 12.7 Å². The number of nitrogens with zero attached hydrogens (tertiary/aromatic N) is 5. The molecule has 7 nitrogen and oxygen atoms in total. The van der Waals surface area contributed by atoms with Gasteiger partial charge in [0.25, 0.3) is 11.9 Å². The Morgan fingerprint density at radius 3 is 2.50 bits per heavy atom. The van der Waals surface area contributed by atoms with Crippen LogP contribution in [0.15, 0.2) is 48.8 Å². The monoisotopic (exact) mass is 450 g/mol. The number of hydrogen-bond donors (Lipinski definition) is 1. The van der Waals surface area contributed by atoms with E-state index in [-0.39, 0.29) is 17.1 Å². The van der Waals surface area contributed by atoms with E-state index < -0.39 is 0 Å². The van der Waals surface area contributed by atoms with Gasteiger partial charge < -0.3 is 5.32 Å². The number of benzene rings is 1. The van der Waals surface area contributed by atoms with Crippen molar-refractivity contribution in [2.75, 3.05) is 5.32 Å². The number of nitrogens with one attached hydrogen (secondary N) is 1. The molecule has 0 fully saturated rings. The van der Waals surface area contributed by atoms with E-state index in [2.05, 4.69) is 25.4 Å². The Bertz CT molecular complexity index is 1240. The van der Waals surface area contributed by atoms with Gasteiger partial charge >= 0.3 is 0 Å². The van der Waals surface area contributed by atoms with E-state index in [1.54, 1.807) is 37.5 Å². The number of rotatable bonds is 5. The van der Waals surface area contributed by atoms with Gasteiger partial charge in [-0.3, -0.25) is 4.79 Å². The second-order valence-electron chi connectivity index (χ2n) is 8.40. The van der Waals surface area contributed by atoms with Crippen molar-refractivity contribution in [3.63, 3.8) is 0 Å². The van der Waals surface area contributed by atoms with E-state index >= 15 is 0 Å². The van der Waals surface area contributed by atoms with E-state index in [4.69, 9.17) is 0 Å². The van der Waals surface area contributed by atoms with Gasteiger partial charge in [0.05, 0.1) is 16.4 Å². The van der Waals surface area contributed by atoms with Crippen molar-refractivity contribution in [3.05, 3.63) is 81.4 Å². The van der Waals surface area contributed by atoms with Crippen molar-refractivity contribution >= 4 is 23.1 Å². The number of hydrogen-bond acceptors (Lipinski definition) is 6. The summed E-state index contributed by atoms with van der Waals surface area (Å²) in [7, 11) is 0. The minimum Gasteiger partial charge on any atom is -0.306 e. The van der Waals surface area contributed by atoms with Gasteiger partial charge in [-0.1, -0.05) is 32.9 Å².